The monoisotopic (exact) mass is 607 g/mol. The second-order valence-electron chi connectivity index (χ2n) is 12.1. The van der Waals surface area contributed by atoms with Crippen LogP contribution in [0.15, 0.2) is 59.2 Å². The lowest BCUT2D eigenvalue weighted by atomic mass is 9.81. The van der Waals surface area contributed by atoms with Crippen LogP contribution in [0.4, 0.5) is 5.69 Å². The average Bonchev–Trinajstić information content (AvgIpc) is 3.78. The summed E-state index contributed by atoms with van der Waals surface area (Å²) < 4.78 is 31.7. The molecule has 1 saturated heterocycles. The van der Waals surface area contributed by atoms with E-state index in [9.17, 15) is 23.1 Å². The number of carbonyl (C=O) groups is 2. The van der Waals surface area contributed by atoms with E-state index in [2.05, 4.69) is 4.98 Å². The Morgan fingerprint density at radius 2 is 1.77 bits per heavy atom. The number of Topliss-reactive ketones (excluding diaryl/α,β-unsaturated/α-hetero) is 1. The van der Waals surface area contributed by atoms with Gasteiger partial charge >= 0.3 is 0 Å². The van der Waals surface area contributed by atoms with Gasteiger partial charge in [0.1, 0.15) is 12.3 Å². The second kappa shape index (κ2) is 13.0. The first kappa shape index (κ1) is 30.9. The van der Waals surface area contributed by atoms with Crippen molar-refractivity contribution in [3.63, 3.8) is 0 Å². The Kier molecular flexibility index (Phi) is 9.36. The van der Waals surface area contributed by atoms with Gasteiger partial charge in [0.15, 0.2) is 5.78 Å². The minimum atomic E-state index is -3.67. The molecule has 1 aromatic heterocycles. The molecular formula is C33H41N3O6S. The van der Waals surface area contributed by atoms with Crippen molar-refractivity contribution in [3.05, 3.63) is 83.1 Å². The number of oxazole rings is 1. The highest BCUT2D eigenvalue weighted by atomic mass is 32.2. The van der Waals surface area contributed by atoms with E-state index in [-0.39, 0.29) is 52.8 Å². The molecule has 2 aromatic carbocycles. The van der Waals surface area contributed by atoms with Crippen molar-refractivity contribution in [1.29, 1.82) is 0 Å². The van der Waals surface area contributed by atoms with Crippen LogP contribution in [0.5, 0.6) is 0 Å². The number of sulfonamides is 1. The smallest absolute Gasteiger partial charge is 0.254 e. The standard InChI is InChI=1S/C33H41N3O6S/c1-22-21-42-32(34-22)29-14-9-15-36(29)33(39)27-17-25(18-28(19-27)35(2)43(3,40)41)30(37)20-26(16-23-10-5-4-6-11-23)31(38)24-12-7-8-13-24/h4-6,10-11,17-19,21,24,26,29,31,38H,7-9,12-16,20H2,1-3H3/t26-,29-,31-/m1/s1. The first-order valence-corrected chi connectivity index (χ1v) is 16.9. The maximum atomic E-state index is 13.9. The second-order valence-corrected chi connectivity index (χ2v) is 14.1. The predicted octanol–water partition coefficient (Wildman–Crippen LogP) is 5.34. The van der Waals surface area contributed by atoms with Gasteiger partial charge in [-0.25, -0.2) is 13.4 Å². The maximum absolute atomic E-state index is 13.9. The van der Waals surface area contributed by atoms with E-state index in [1.165, 1.54) is 19.2 Å². The lowest BCUT2D eigenvalue weighted by Crippen LogP contribution is -2.32. The Morgan fingerprint density at radius 1 is 1.07 bits per heavy atom. The molecule has 3 atom stereocenters. The number of aromatic nitrogens is 1. The molecule has 3 aromatic rings. The van der Waals surface area contributed by atoms with E-state index in [1.54, 1.807) is 17.2 Å². The summed E-state index contributed by atoms with van der Waals surface area (Å²) in [6, 6.07) is 14.1. The number of benzene rings is 2. The SMILES string of the molecule is Cc1coc([C@H]2CCCN2C(=O)c2cc(C(=O)C[C@@H](Cc3ccccc3)[C@H](O)C3CCCC3)cc(N(C)S(C)(=O)=O)c2)n1. The molecule has 43 heavy (non-hydrogen) atoms. The number of amides is 1. The Labute approximate surface area is 254 Å². The molecule has 1 aliphatic carbocycles. The number of carbonyl (C=O) groups excluding carboxylic acids is 2. The number of hydrogen-bond acceptors (Lipinski definition) is 7. The van der Waals surface area contributed by atoms with Gasteiger partial charge in [-0.05, 0) is 74.6 Å². The lowest BCUT2D eigenvalue weighted by Gasteiger charge is -2.28. The zero-order chi connectivity index (χ0) is 30.7. The fraction of sp³-hybridized carbons (Fsp3) is 0.485. The number of hydrogen-bond donors (Lipinski definition) is 1. The third-order valence-corrected chi connectivity index (χ3v) is 10.1. The summed E-state index contributed by atoms with van der Waals surface area (Å²) >= 11 is 0. The van der Waals surface area contributed by atoms with Crippen molar-refractivity contribution < 1.29 is 27.5 Å². The summed E-state index contributed by atoms with van der Waals surface area (Å²) in [6.07, 6.45) is 8.12. The lowest BCUT2D eigenvalue weighted by molar-refractivity contribution is 0.0456. The molecule has 10 heteroatoms. The van der Waals surface area contributed by atoms with Crippen LogP contribution in [0.1, 0.15) is 88.9 Å². The van der Waals surface area contributed by atoms with E-state index in [1.807, 2.05) is 37.3 Å². The normalized spacial score (nSPS) is 19.0. The maximum Gasteiger partial charge on any atom is 0.254 e. The molecule has 1 N–H and O–H groups in total. The zero-order valence-corrected chi connectivity index (χ0v) is 25.9. The molecule has 0 radical (unpaired) electrons. The van der Waals surface area contributed by atoms with Crippen molar-refractivity contribution in [2.75, 3.05) is 24.2 Å². The fourth-order valence-corrected chi connectivity index (χ4v) is 6.99. The van der Waals surface area contributed by atoms with Gasteiger partial charge in [-0.15, -0.1) is 0 Å². The van der Waals surface area contributed by atoms with Crippen molar-refractivity contribution >= 4 is 27.4 Å². The zero-order valence-electron chi connectivity index (χ0n) is 25.1. The Bertz CT molecular complexity index is 1550. The van der Waals surface area contributed by atoms with Gasteiger partial charge in [0, 0.05) is 31.1 Å². The molecule has 9 nitrogen and oxygen atoms in total. The molecule has 1 amide bonds. The van der Waals surface area contributed by atoms with Crippen molar-refractivity contribution in [2.24, 2.45) is 11.8 Å². The van der Waals surface area contributed by atoms with Crippen LogP contribution in [0, 0.1) is 18.8 Å². The molecule has 0 unspecified atom stereocenters. The topological polar surface area (TPSA) is 121 Å². The van der Waals surface area contributed by atoms with E-state index >= 15 is 0 Å². The minimum Gasteiger partial charge on any atom is -0.446 e. The number of aliphatic hydroxyl groups excluding tert-OH is 1. The van der Waals surface area contributed by atoms with Crippen LogP contribution >= 0.6 is 0 Å². The number of anilines is 1. The third-order valence-electron chi connectivity index (χ3n) is 8.94. The highest BCUT2D eigenvalue weighted by molar-refractivity contribution is 7.92. The van der Waals surface area contributed by atoms with Crippen LogP contribution in [-0.4, -0.2) is 61.1 Å². The van der Waals surface area contributed by atoms with Crippen LogP contribution < -0.4 is 4.31 Å². The first-order chi connectivity index (χ1) is 20.5. The summed E-state index contributed by atoms with van der Waals surface area (Å²) in [5, 5.41) is 11.4. The van der Waals surface area contributed by atoms with Gasteiger partial charge in [0.2, 0.25) is 15.9 Å². The van der Waals surface area contributed by atoms with Gasteiger partial charge in [-0.1, -0.05) is 43.2 Å². The van der Waals surface area contributed by atoms with Crippen molar-refractivity contribution in [2.45, 2.75) is 70.4 Å². The van der Waals surface area contributed by atoms with E-state index in [4.69, 9.17) is 4.42 Å². The number of nitrogens with zero attached hydrogens (tertiary/aromatic N) is 3. The van der Waals surface area contributed by atoms with Gasteiger partial charge < -0.3 is 14.4 Å². The molecule has 2 heterocycles. The highest BCUT2D eigenvalue weighted by Gasteiger charge is 2.35. The van der Waals surface area contributed by atoms with Crippen molar-refractivity contribution in [3.8, 4) is 0 Å². The molecular weight excluding hydrogens is 566 g/mol. The Hall–Kier alpha value is -3.50. The number of likely N-dealkylation sites (tertiary alicyclic amines) is 1. The first-order valence-electron chi connectivity index (χ1n) is 15.1. The number of aryl methyl sites for hydroxylation is 1. The van der Waals surface area contributed by atoms with E-state index in [0.717, 1.165) is 53.9 Å². The summed E-state index contributed by atoms with van der Waals surface area (Å²) in [5.74, 6) is -0.259. The van der Waals surface area contributed by atoms with E-state index < -0.39 is 16.1 Å². The number of ketones is 1. The molecule has 230 valence electrons. The molecule has 0 bridgehead atoms. The van der Waals surface area contributed by atoms with Crippen molar-refractivity contribution in [1.82, 2.24) is 9.88 Å². The van der Waals surface area contributed by atoms with Crippen LogP contribution in [0.3, 0.4) is 0 Å². The summed E-state index contributed by atoms with van der Waals surface area (Å²) in [6.45, 7) is 2.32. The van der Waals surface area contributed by atoms with Crippen LogP contribution in [-0.2, 0) is 16.4 Å². The Balaban J connectivity index is 1.47. The van der Waals surface area contributed by atoms with Gasteiger partial charge in [0.05, 0.1) is 23.7 Å². The fourth-order valence-electron chi connectivity index (χ4n) is 6.50. The number of aliphatic hydroxyl groups is 1. The average molecular weight is 608 g/mol. The molecule has 2 aliphatic rings. The third kappa shape index (κ3) is 7.18. The minimum absolute atomic E-state index is 0.0775. The molecule has 5 rings (SSSR count). The largest absolute Gasteiger partial charge is 0.446 e. The predicted molar refractivity (Wildman–Crippen MR) is 164 cm³/mol. The van der Waals surface area contributed by atoms with Gasteiger partial charge in [-0.3, -0.25) is 13.9 Å². The summed E-state index contributed by atoms with van der Waals surface area (Å²) in [7, 11) is -2.26. The quantitative estimate of drug-likeness (QED) is 0.292. The summed E-state index contributed by atoms with van der Waals surface area (Å²) in [5.41, 5.74) is 2.47. The molecule has 1 saturated carbocycles. The Morgan fingerprint density at radius 3 is 2.42 bits per heavy atom. The van der Waals surface area contributed by atoms with Gasteiger partial charge in [0.25, 0.3) is 5.91 Å². The van der Waals surface area contributed by atoms with Crippen LogP contribution in [0.25, 0.3) is 0 Å². The van der Waals surface area contributed by atoms with Crippen LogP contribution in [0.2, 0.25) is 0 Å². The molecule has 1 aliphatic heterocycles. The highest BCUT2D eigenvalue weighted by Crippen LogP contribution is 2.36. The summed E-state index contributed by atoms with van der Waals surface area (Å²) in [4.78, 5) is 34.0. The number of rotatable bonds is 11. The van der Waals surface area contributed by atoms with E-state index in [0.29, 0.717) is 25.3 Å². The molecule has 2 fully saturated rings. The molecule has 0 spiro atoms. The van der Waals surface area contributed by atoms with Gasteiger partial charge in [-0.2, -0.15) is 0 Å².